The zero-order valence-electron chi connectivity index (χ0n) is 14.6. The van der Waals surface area contributed by atoms with Crippen LogP contribution >= 0.6 is 0 Å². The van der Waals surface area contributed by atoms with Crippen LogP contribution in [0.4, 0.5) is 10.1 Å². The molecule has 0 aliphatic rings. The first-order chi connectivity index (χ1) is 12.3. The van der Waals surface area contributed by atoms with Gasteiger partial charge >= 0.3 is 0 Å². The Hall–Kier alpha value is -2.67. The van der Waals surface area contributed by atoms with Crippen molar-refractivity contribution in [1.82, 2.24) is 9.78 Å². The molecule has 1 N–H and O–H groups in total. The van der Waals surface area contributed by atoms with E-state index in [0.29, 0.717) is 29.2 Å². The summed E-state index contributed by atoms with van der Waals surface area (Å²) in [4.78, 5) is 0. The van der Waals surface area contributed by atoms with Gasteiger partial charge in [0.2, 0.25) is 10.0 Å². The molecule has 2 aromatic carbocycles. The topological polar surface area (TPSA) is 64.0 Å². The molecule has 0 aliphatic carbocycles. The number of rotatable bonds is 6. The van der Waals surface area contributed by atoms with Gasteiger partial charge in [-0.3, -0.25) is 9.40 Å². The number of nitrogens with one attached hydrogen (secondary N) is 1. The lowest BCUT2D eigenvalue weighted by Crippen LogP contribution is -2.16. The van der Waals surface area contributed by atoms with Crippen LogP contribution in [0.1, 0.15) is 22.5 Å². The molecule has 7 heteroatoms. The minimum atomic E-state index is -3.56. The van der Waals surface area contributed by atoms with Crippen LogP contribution in [0.3, 0.4) is 0 Å². The Bertz CT molecular complexity index is 1010. The lowest BCUT2D eigenvalue weighted by Gasteiger charge is -2.09. The van der Waals surface area contributed by atoms with Crippen molar-refractivity contribution >= 4 is 15.7 Å². The standard InChI is InChI=1S/C19H20FN3O2S/c1-14-19(22-26(24,25)13-16-7-4-3-5-8-16)15(2)23(21-14)12-17-9-6-10-18(20)11-17/h3-11,22H,12-13H2,1-2H3. The second kappa shape index (κ2) is 7.29. The van der Waals surface area contributed by atoms with E-state index < -0.39 is 10.0 Å². The smallest absolute Gasteiger partial charge is 0.237 e. The third-order valence-electron chi connectivity index (χ3n) is 4.06. The van der Waals surface area contributed by atoms with Crippen molar-refractivity contribution < 1.29 is 12.8 Å². The third-order valence-corrected chi connectivity index (χ3v) is 5.29. The molecule has 0 bridgehead atoms. The van der Waals surface area contributed by atoms with Crippen LogP contribution in [0.25, 0.3) is 0 Å². The Morgan fingerprint density at radius 2 is 1.73 bits per heavy atom. The molecule has 0 amide bonds. The van der Waals surface area contributed by atoms with Gasteiger partial charge in [0.25, 0.3) is 0 Å². The number of anilines is 1. The van der Waals surface area contributed by atoms with E-state index in [9.17, 15) is 12.8 Å². The van der Waals surface area contributed by atoms with Crippen LogP contribution in [-0.2, 0) is 22.3 Å². The molecule has 0 saturated heterocycles. The molecular weight excluding hydrogens is 353 g/mol. The number of aromatic nitrogens is 2. The number of benzene rings is 2. The highest BCUT2D eigenvalue weighted by Gasteiger charge is 2.18. The largest absolute Gasteiger partial charge is 0.280 e. The number of nitrogens with zero attached hydrogens (tertiary/aromatic N) is 2. The molecule has 0 spiro atoms. The maximum atomic E-state index is 13.4. The Labute approximate surface area is 152 Å². The molecular formula is C19H20FN3O2S. The number of halogens is 1. The maximum Gasteiger partial charge on any atom is 0.237 e. The highest BCUT2D eigenvalue weighted by Crippen LogP contribution is 2.23. The third kappa shape index (κ3) is 4.29. The summed E-state index contributed by atoms with van der Waals surface area (Å²) < 4.78 is 42.6. The predicted molar refractivity (Wildman–Crippen MR) is 99.9 cm³/mol. The molecule has 0 radical (unpaired) electrons. The normalized spacial score (nSPS) is 11.5. The monoisotopic (exact) mass is 373 g/mol. The van der Waals surface area contributed by atoms with Crippen LogP contribution in [0.15, 0.2) is 54.6 Å². The van der Waals surface area contributed by atoms with Gasteiger partial charge in [0.1, 0.15) is 5.82 Å². The number of sulfonamides is 1. The van der Waals surface area contributed by atoms with Crippen molar-refractivity contribution in [3.63, 3.8) is 0 Å². The molecule has 0 unspecified atom stereocenters. The van der Waals surface area contributed by atoms with Crippen molar-refractivity contribution in [2.45, 2.75) is 26.1 Å². The van der Waals surface area contributed by atoms with E-state index in [0.717, 1.165) is 5.56 Å². The Balaban J connectivity index is 1.81. The first-order valence-electron chi connectivity index (χ1n) is 8.17. The number of hydrogen-bond acceptors (Lipinski definition) is 3. The van der Waals surface area contributed by atoms with Crippen molar-refractivity contribution in [2.75, 3.05) is 4.72 Å². The van der Waals surface area contributed by atoms with Crippen LogP contribution in [0, 0.1) is 19.7 Å². The average molecular weight is 373 g/mol. The molecule has 136 valence electrons. The lowest BCUT2D eigenvalue weighted by atomic mass is 10.2. The molecule has 3 rings (SSSR count). The Morgan fingerprint density at radius 1 is 1.04 bits per heavy atom. The van der Waals surface area contributed by atoms with Gasteiger partial charge in [-0.05, 0) is 37.1 Å². The molecule has 0 saturated carbocycles. The number of aryl methyl sites for hydroxylation is 1. The molecule has 0 aliphatic heterocycles. The molecule has 5 nitrogen and oxygen atoms in total. The molecule has 0 fully saturated rings. The molecule has 26 heavy (non-hydrogen) atoms. The first kappa shape index (κ1) is 18.1. The molecule has 0 atom stereocenters. The second-order valence-electron chi connectivity index (χ2n) is 6.18. The zero-order chi connectivity index (χ0) is 18.7. The fourth-order valence-electron chi connectivity index (χ4n) is 2.79. The van der Waals surface area contributed by atoms with E-state index in [2.05, 4.69) is 9.82 Å². The quantitative estimate of drug-likeness (QED) is 0.718. The van der Waals surface area contributed by atoms with Crippen molar-refractivity contribution in [3.8, 4) is 0 Å². The van der Waals surface area contributed by atoms with Gasteiger partial charge in [0.15, 0.2) is 0 Å². The van der Waals surface area contributed by atoms with E-state index in [1.807, 2.05) is 6.07 Å². The van der Waals surface area contributed by atoms with E-state index in [4.69, 9.17) is 0 Å². The second-order valence-corrected chi connectivity index (χ2v) is 7.90. The van der Waals surface area contributed by atoms with Crippen molar-refractivity contribution in [1.29, 1.82) is 0 Å². The summed E-state index contributed by atoms with van der Waals surface area (Å²) >= 11 is 0. The minimum absolute atomic E-state index is 0.109. The van der Waals surface area contributed by atoms with Crippen molar-refractivity contribution in [3.05, 3.63) is 82.9 Å². The van der Waals surface area contributed by atoms with Crippen LogP contribution in [-0.4, -0.2) is 18.2 Å². The number of hydrogen-bond donors (Lipinski definition) is 1. The fraction of sp³-hybridized carbons (Fsp3) is 0.211. The summed E-state index contributed by atoms with van der Waals surface area (Å²) in [6.07, 6.45) is 0. The minimum Gasteiger partial charge on any atom is -0.280 e. The summed E-state index contributed by atoms with van der Waals surface area (Å²) in [5.41, 5.74) is 3.20. The van der Waals surface area contributed by atoms with Gasteiger partial charge in [-0.25, -0.2) is 12.8 Å². The van der Waals surface area contributed by atoms with Crippen LogP contribution < -0.4 is 4.72 Å². The van der Waals surface area contributed by atoms with Gasteiger partial charge in [-0.2, -0.15) is 5.10 Å². The van der Waals surface area contributed by atoms with E-state index in [-0.39, 0.29) is 11.6 Å². The van der Waals surface area contributed by atoms with Crippen LogP contribution in [0.2, 0.25) is 0 Å². The zero-order valence-corrected chi connectivity index (χ0v) is 15.4. The predicted octanol–water partition coefficient (Wildman–Crippen LogP) is 3.63. The average Bonchev–Trinajstić information content (AvgIpc) is 2.82. The van der Waals surface area contributed by atoms with Gasteiger partial charge in [0.05, 0.1) is 29.4 Å². The first-order valence-corrected chi connectivity index (χ1v) is 9.82. The summed E-state index contributed by atoms with van der Waals surface area (Å²) in [6, 6.07) is 15.3. The maximum absolute atomic E-state index is 13.4. The van der Waals surface area contributed by atoms with Crippen LogP contribution in [0.5, 0.6) is 0 Å². The highest BCUT2D eigenvalue weighted by molar-refractivity contribution is 7.91. The summed E-state index contributed by atoms with van der Waals surface area (Å²) in [7, 11) is -3.56. The van der Waals surface area contributed by atoms with Gasteiger partial charge < -0.3 is 0 Å². The lowest BCUT2D eigenvalue weighted by molar-refractivity contribution is 0.600. The SMILES string of the molecule is Cc1nn(Cc2cccc(F)c2)c(C)c1NS(=O)(=O)Cc1ccccc1. The Kier molecular flexibility index (Phi) is 5.08. The van der Waals surface area contributed by atoms with E-state index in [1.54, 1.807) is 54.9 Å². The van der Waals surface area contributed by atoms with Gasteiger partial charge in [-0.15, -0.1) is 0 Å². The highest BCUT2D eigenvalue weighted by atomic mass is 32.2. The van der Waals surface area contributed by atoms with E-state index in [1.165, 1.54) is 12.1 Å². The van der Waals surface area contributed by atoms with Crippen molar-refractivity contribution in [2.24, 2.45) is 0 Å². The summed E-state index contributed by atoms with van der Waals surface area (Å²) in [6.45, 7) is 3.90. The Morgan fingerprint density at radius 3 is 2.42 bits per heavy atom. The molecule has 1 heterocycles. The van der Waals surface area contributed by atoms with E-state index >= 15 is 0 Å². The molecule has 1 aromatic heterocycles. The molecule has 3 aromatic rings. The van der Waals surface area contributed by atoms with Gasteiger partial charge in [0, 0.05) is 0 Å². The summed E-state index contributed by atoms with van der Waals surface area (Å²) in [5, 5.41) is 4.39. The van der Waals surface area contributed by atoms with Gasteiger partial charge in [-0.1, -0.05) is 42.5 Å². The summed E-state index contributed by atoms with van der Waals surface area (Å²) in [5.74, 6) is -0.422. The fourth-order valence-corrected chi connectivity index (χ4v) is 4.10.